The lowest BCUT2D eigenvalue weighted by atomic mass is 9.97. The first-order valence-electron chi connectivity index (χ1n) is 7.77. The zero-order chi connectivity index (χ0) is 17.2. The normalized spacial score (nSPS) is 11.5. The Morgan fingerprint density at radius 3 is 2.79 bits per heavy atom. The molecular formula is C18H20N4O2. The van der Waals surface area contributed by atoms with Crippen LogP contribution in [0.4, 0.5) is 10.5 Å². The molecule has 0 radical (unpaired) electrons. The molecule has 2 aromatic heterocycles. The predicted molar refractivity (Wildman–Crippen MR) is 92.8 cm³/mol. The van der Waals surface area contributed by atoms with Crippen LogP contribution in [0.15, 0.2) is 47.1 Å². The second-order valence-corrected chi connectivity index (χ2v) is 6.62. The van der Waals surface area contributed by atoms with Gasteiger partial charge in [-0.25, -0.2) is 9.78 Å². The summed E-state index contributed by atoms with van der Waals surface area (Å²) >= 11 is 0. The van der Waals surface area contributed by atoms with Crippen molar-refractivity contribution in [2.45, 2.75) is 32.7 Å². The van der Waals surface area contributed by atoms with Gasteiger partial charge in [0.1, 0.15) is 5.52 Å². The van der Waals surface area contributed by atoms with Gasteiger partial charge in [-0.15, -0.1) is 0 Å². The van der Waals surface area contributed by atoms with E-state index in [0.29, 0.717) is 23.7 Å². The molecule has 0 bridgehead atoms. The number of urea groups is 1. The monoisotopic (exact) mass is 324 g/mol. The molecule has 6 heteroatoms. The van der Waals surface area contributed by atoms with Crippen molar-refractivity contribution in [3.63, 3.8) is 0 Å². The molecule has 2 amide bonds. The van der Waals surface area contributed by atoms with Crippen LogP contribution in [0.5, 0.6) is 0 Å². The number of carbonyl (C=O) groups excluding carboxylic acids is 1. The Kier molecular flexibility index (Phi) is 4.20. The zero-order valence-corrected chi connectivity index (χ0v) is 14.0. The Bertz CT molecular complexity index is 850. The van der Waals surface area contributed by atoms with Crippen LogP contribution >= 0.6 is 0 Å². The molecule has 1 aromatic carbocycles. The summed E-state index contributed by atoms with van der Waals surface area (Å²) in [5, 5.41) is 5.59. The van der Waals surface area contributed by atoms with Crippen molar-refractivity contribution in [2.75, 3.05) is 5.32 Å². The van der Waals surface area contributed by atoms with Gasteiger partial charge in [0.15, 0.2) is 5.58 Å². The Morgan fingerprint density at radius 1 is 1.25 bits per heavy atom. The predicted octanol–water partition coefficient (Wildman–Crippen LogP) is 3.84. The van der Waals surface area contributed by atoms with Crippen LogP contribution in [0.2, 0.25) is 0 Å². The summed E-state index contributed by atoms with van der Waals surface area (Å²) in [6.45, 7) is 6.55. The third-order valence-corrected chi connectivity index (χ3v) is 3.46. The summed E-state index contributed by atoms with van der Waals surface area (Å²) in [7, 11) is 0. The SMILES string of the molecule is CC(C)(C)c1nc2cc(NC(=O)NCc3cccnc3)ccc2o1. The molecule has 0 spiro atoms. The molecule has 0 saturated carbocycles. The van der Waals surface area contributed by atoms with Gasteiger partial charge in [-0.2, -0.15) is 0 Å². The first kappa shape index (κ1) is 16.0. The van der Waals surface area contributed by atoms with Crippen molar-refractivity contribution in [3.8, 4) is 0 Å². The molecule has 2 N–H and O–H groups in total. The van der Waals surface area contributed by atoms with Gasteiger partial charge in [-0.3, -0.25) is 4.98 Å². The molecular weight excluding hydrogens is 304 g/mol. The second kappa shape index (κ2) is 6.31. The van der Waals surface area contributed by atoms with Crippen molar-refractivity contribution in [2.24, 2.45) is 0 Å². The molecule has 0 aliphatic rings. The summed E-state index contributed by atoms with van der Waals surface area (Å²) in [6, 6.07) is 8.87. The van der Waals surface area contributed by atoms with Crippen LogP contribution in [0, 0.1) is 0 Å². The number of benzene rings is 1. The van der Waals surface area contributed by atoms with Crippen LogP contribution in [-0.4, -0.2) is 16.0 Å². The number of aromatic nitrogens is 2. The smallest absolute Gasteiger partial charge is 0.319 e. The quantitative estimate of drug-likeness (QED) is 0.767. The fourth-order valence-electron chi connectivity index (χ4n) is 2.19. The van der Waals surface area contributed by atoms with Crippen molar-refractivity contribution in [3.05, 3.63) is 54.2 Å². The maximum Gasteiger partial charge on any atom is 0.319 e. The number of pyridine rings is 1. The van der Waals surface area contributed by atoms with Crippen LogP contribution in [0.25, 0.3) is 11.1 Å². The highest BCUT2D eigenvalue weighted by Crippen LogP contribution is 2.27. The van der Waals surface area contributed by atoms with E-state index in [1.165, 1.54) is 0 Å². The number of oxazole rings is 1. The van der Waals surface area contributed by atoms with Crippen molar-refractivity contribution >= 4 is 22.8 Å². The molecule has 0 unspecified atom stereocenters. The van der Waals surface area contributed by atoms with E-state index in [0.717, 1.165) is 11.1 Å². The lowest BCUT2D eigenvalue weighted by Crippen LogP contribution is -2.28. The minimum atomic E-state index is -0.280. The van der Waals surface area contributed by atoms with Gasteiger partial charge in [0.2, 0.25) is 5.89 Å². The van der Waals surface area contributed by atoms with E-state index in [1.54, 1.807) is 24.5 Å². The number of carbonyl (C=O) groups is 1. The lowest BCUT2D eigenvalue weighted by Gasteiger charge is -2.11. The third kappa shape index (κ3) is 3.71. The van der Waals surface area contributed by atoms with Gasteiger partial charge in [0.05, 0.1) is 0 Å². The van der Waals surface area contributed by atoms with E-state index in [9.17, 15) is 4.79 Å². The van der Waals surface area contributed by atoms with Crippen LogP contribution < -0.4 is 10.6 Å². The summed E-state index contributed by atoms with van der Waals surface area (Å²) in [5.74, 6) is 0.677. The molecule has 0 aliphatic carbocycles. The van der Waals surface area contributed by atoms with Crippen molar-refractivity contribution in [1.29, 1.82) is 0 Å². The Hall–Kier alpha value is -2.89. The van der Waals surface area contributed by atoms with E-state index in [2.05, 4.69) is 20.6 Å². The van der Waals surface area contributed by atoms with E-state index in [1.807, 2.05) is 39.0 Å². The molecule has 0 atom stereocenters. The second-order valence-electron chi connectivity index (χ2n) is 6.62. The largest absolute Gasteiger partial charge is 0.440 e. The fraction of sp³-hybridized carbons (Fsp3) is 0.278. The summed E-state index contributed by atoms with van der Waals surface area (Å²) < 4.78 is 5.75. The maximum atomic E-state index is 12.0. The Balaban J connectivity index is 1.67. The third-order valence-electron chi connectivity index (χ3n) is 3.46. The average molecular weight is 324 g/mol. The number of anilines is 1. The van der Waals surface area contributed by atoms with Crippen LogP contribution in [-0.2, 0) is 12.0 Å². The number of hydrogen-bond donors (Lipinski definition) is 2. The number of fused-ring (bicyclic) bond motifs is 1. The molecule has 124 valence electrons. The highest BCUT2D eigenvalue weighted by Gasteiger charge is 2.21. The first-order chi connectivity index (χ1) is 11.4. The standard InChI is InChI=1S/C18H20N4O2/c1-18(2,3)16-22-14-9-13(6-7-15(14)24-16)21-17(23)20-11-12-5-4-8-19-10-12/h4-10H,11H2,1-3H3,(H2,20,21,23). The molecule has 0 aliphatic heterocycles. The number of hydrogen-bond acceptors (Lipinski definition) is 4. The minimum absolute atomic E-state index is 0.159. The lowest BCUT2D eigenvalue weighted by molar-refractivity contribution is 0.251. The van der Waals surface area contributed by atoms with Gasteiger partial charge in [0, 0.05) is 30.0 Å². The average Bonchev–Trinajstić information content (AvgIpc) is 2.97. The number of rotatable bonds is 3. The van der Waals surface area contributed by atoms with Crippen LogP contribution in [0.3, 0.4) is 0 Å². The van der Waals surface area contributed by atoms with Gasteiger partial charge < -0.3 is 15.1 Å². The van der Waals surface area contributed by atoms with E-state index in [4.69, 9.17) is 4.42 Å². The molecule has 0 saturated heterocycles. The van der Waals surface area contributed by atoms with Gasteiger partial charge >= 0.3 is 6.03 Å². The van der Waals surface area contributed by atoms with E-state index in [-0.39, 0.29) is 11.4 Å². The number of nitrogens with one attached hydrogen (secondary N) is 2. The molecule has 2 heterocycles. The summed E-state index contributed by atoms with van der Waals surface area (Å²) in [4.78, 5) is 20.5. The highest BCUT2D eigenvalue weighted by molar-refractivity contribution is 5.91. The minimum Gasteiger partial charge on any atom is -0.440 e. The molecule has 3 rings (SSSR count). The fourth-order valence-corrected chi connectivity index (χ4v) is 2.19. The van der Waals surface area contributed by atoms with Crippen molar-refractivity contribution in [1.82, 2.24) is 15.3 Å². The van der Waals surface area contributed by atoms with Gasteiger partial charge in [0.25, 0.3) is 0 Å². The molecule has 0 fully saturated rings. The zero-order valence-electron chi connectivity index (χ0n) is 14.0. The number of nitrogens with zero attached hydrogens (tertiary/aromatic N) is 2. The van der Waals surface area contributed by atoms with Crippen molar-refractivity contribution < 1.29 is 9.21 Å². The molecule has 3 aromatic rings. The van der Waals surface area contributed by atoms with E-state index < -0.39 is 0 Å². The molecule has 6 nitrogen and oxygen atoms in total. The maximum absolute atomic E-state index is 12.0. The van der Waals surface area contributed by atoms with E-state index >= 15 is 0 Å². The first-order valence-corrected chi connectivity index (χ1v) is 7.77. The number of amides is 2. The summed E-state index contributed by atoms with van der Waals surface area (Å²) in [6.07, 6.45) is 3.41. The highest BCUT2D eigenvalue weighted by atomic mass is 16.3. The molecule has 24 heavy (non-hydrogen) atoms. The van der Waals surface area contributed by atoms with Gasteiger partial charge in [-0.05, 0) is 29.8 Å². The Labute approximate surface area is 140 Å². The Morgan fingerprint density at radius 2 is 2.08 bits per heavy atom. The summed E-state index contributed by atoms with van der Waals surface area (Å²) in [5.41, 5.74) is 2.88. The topological polar surface area (TPSA) is 80.0 Å². The van der Waals surface area contributed by atoms with Crippen LogP contribution in [0.1, 0.15) is 32.2 Å². The van der Waals surface area contributed by atoms with Gasteiger partial charge in [-0.1, -0.05) is 26.8 Å².